The second-order valence-corrected chi connectivity index (χ2v) is 5.90. The molecule has 1 atom stereocenters. The van der Waals surface area contributed by atoms with Crippen molar-refractivity contribution in [2.24, 2.45) is 0 Å². The molecule has 7 heteroatoms. The van der Waals surface area contributed by atoms with E-state index in [1.807, 2.05) is 0 Å². The number of carbonyl (C=O) groups excluding carboxylic acids is 1. The van der Waals surface area contributed by atoms with Gasteiger partial charge in [0.15, 0.2) is 0 Å². The molecule has 1 unspecified atom stereocenters. The summed E-state index contributed by atoms with van der Waals surface area (Å²) in [4.78, 5) is 12.1. The number of halogens is 4. The molecule has 21 heavy (non-hydrogen) atoms. The normalized spacial score (nSPS) is 19.3. The summed E-state index contributed by atoms with van der Waals surface area (Å²) in [6.07, 6.45) is -1.28. The van der Waals surface area contributed by atoms with Gasteiger partial charge in [-0.3, -0.25) is 4.79 Å². The van der Waals surface area contributed by atoms with Gasteiger partial charge in [-0.1, -0.05) is 6.42 Å². The minimum absolute atomic E-state index is 0.000587. The van der Waals surface area contributed by atoms with E-state index in [0.29, 0.717) is 11.0 Å². The largest absolute Gasteiger partial charge is 0.416 e. The van der Waals surface area contributed by atoms with Crippen molar-refractivity contribution < 1.29 is 18.0 Å². The van der Waals surface area contributed by atoms with E-state index in [1.54, 1.807) is 0 Å². The Morgan fingerprint density at radius 2 is 2.14 bits per heavy atom. The third kappa shape index (κ3) is 4.44. The molecule has 1 amide bonds. The van der Waals surface area contributed by atoms with Crippen molar-refractivity contribution in [2.75, 3.05) is 13.1 Å². The smallest absolute Gasteiger partial charge is 0.350 e. The first kappa shape index (κ1) is 16.3. The van der Waals surface area contributed by atoms with E-state index in [1.165, 1.54) is 6.07 Å². The number of rotatable bonds is 3. The van der Waals surface area contributed by atoms with Crippen LogP contribution < -0.4 is 10.6 Å². The van der Waals surface area contributed by atoms with Crippen LogP contribution in [-0.4, -0.2) is 25.0 Å². The zero-order valence-corrected chi connectivity index (χ0v) is 12.9. The van der Waals surface area contributed by atoms with Crippen LogP contribution in [0.15, 0.2) is 22.7 Å². The maximum Gasteiger partial charge on any atom is 0.416 e. The van der Waals surface area contributed by atoms with Gasteiger partial charge >= 0.3 is 6.18 Å². The summed E-state index contributed by atoms with van der Waals surface area (Å²) >= 11 is 3.12. The van der Waals surface area contributed by atoms with Crippen LogP contribution in [0.2, 0.25) is 0 Å². The average molecular weight is 365 g/mol. The predicted octanol–water partition coefficient (Wildman–Crippen LogP) is 3.34. The Hall–Kier alpha value is -1.08. The average Bonchev–Trinajstić information content (AvgIpc) is 2.45. The molecule has 116 valence electrons. The van der Waals surface area contributed by atoms with Gasteiger partial charge in [-0.25, -0.2) is 0 Å². The van der Waals surface area contributed by atoms with Gasteiger partial charge in [0.05, 0.1) is 11.1 Å². The van der Waals surface area contributed by atoms with Crippen molar-refractivity contribution in [1.29, 1.82) is 0 Å². The van der Waals surface area contributed by atoms with Gasteiger partial charge in [0, 0.05) is 17.1 Å². The molecule has 1 aliphatic rings. The number of nitrogens with one attached hydrogen (secondary N) is 2. The van der Waals surface area contributed by atoms with Gasteiger partial charge in [0.25, 0.3) is 5.91 Å². The molecule has 0 bridgehead atoms. The Bertz CT molecular complexity index is 513. The highest BCUT2D eigenvalue weighted by Crippen LogP contribution is 2.31. The van der Waals surface area contributed by atoms with E-state index >= 15 is 0 Å². The Balaban J connectivity index is 2.04. The van der Waals surface area contributed by atoms with Gasteiger partial charge in [0.2, 0.25) is 0 Å². The topological polar surface area (TPSA) is 41.1 Å². The fourth-order valence-corrected chi connectivity index (χ4v) is 2.71. The predicted molar refractivity (Wildman–Crippen MR) is 77.1 cm³/mol. The summed E-state index contributed by atoms with van der Waals surface area (Å²) in [5, 5.41) is 5.96. The molecule has 2 rings (SSSR count). The van der Waals surface area contributed by atoms with E-state index < -0.39 is 17.6 Å². The van der Waals surface area contributed by atoms with Crippen LogP contribution in [0.5, 0.6) is 0 Å². The van der Waals surface area contributed by atoms with E-state index in [9.17, 15) is 18.0 Å². The lowest BCUT2D eigenvalue weighted by Gasteiger charge is -2.23. The van der Waals surface area contributed by atoms with Gasteiger partial charge < -0.3 is 10.6 Å². The van der Waals surface area contributed by atoms with Crippen LogP contribution in [0.3, 0.4) is 0 Å². The SMILES string of the molecule is O=C(NCC1CCCCN1)c1cc(C(F)(F)F)ccc1Br. The number of amides is 1. The third-order valence-corrected chi connectivity index (χ3v) is 4.15. The standard InChI is InChI=1S/C14H16BrF3N2O/c15-12-5-4-9(14(16,17)18)7-11(12)13(21)20-8-10-3-1-2-6-19-10/h4-5,7,10,19H,1-3,6,8H2,(H,20,21). The lowest BCUT2D eigenvalue weighted by molar-refractivity contribution is -0.137. The zero-order valence-electron chi connectivity index (χ0n) is 11.3. The van der Waals surface area contributed by atoms with Crippen molar-refractivity contribution in [2.45, 2.75) is 31.5 Å². The van der Waals surface area contributed by atoms with E-state index in [-0.39, 0.29) is 11.6 Å². The molecule has 0 radical (unpaired) electrons. The van der Waals surface area contributed by atoms with Crippen LogP contribution in [-0.2, 0) is 6.18 Å². The summed E-state index contributed by atoms with van der Waals surface area (Å²) in [6.45, 7) is 1.33. The fourth-order valence-electron chi connectivity index (χ4n) is 2.28. The second kappa shape index (κ2) is 6.79. The fraction of sp³-hybridized carbons (Fsp3) is 0.500. The van der Waals surface area contributed by atoms with E-state index in [2.05, 4.69) is 26.6 Å². The number of piperidine rings is 1. The van der Waals surface area contributed by atoms with E-state index in [0.717, 1.165) is 37.9 Å². The molecule has 0 aliphatic carbocycles. The molecule has 1 aliphatic heterocycles. The lowest BCUT2D eigenvalue weighted by atomic mass is 10.0. The minimum Gasteiger partial charge on any atom is -0.350 e. The maximum atomic E-state index is 12.7. The van der Waals surface area contributed by atoms with Gasteiger partial charge in [-0.05, 0) is 53.5 Å². The highest BCUT2D eigenvalue weighted by molar-refractivity contribution is 9.10. The number of benzene rings is 1. The van der Waals surface area contributed by atoms with Crippen LogP contribution in [0.1, 0.15) is 35.2 Å². The maximum absolute atomic E-state index is 12.7. The molecule has 1 aromatic carbocycles. The Morgan fingerprint density at radius 3 is 2.76 bits per heavy atom. The quantitative estimate of drug-likeness (QED) is 0.863. The third-order valence-electron chi connectivity index (χ3n) is 3.46. The van der Waals surface area contributed by atoms with Gasteiger partial charge in [0.1, 0.15) is 0 Å². The molecule has 3 nitrogen and oxygen atoms in total. The summed E-state index contributed by atoms with van der Waals surface area (Å²) in [5.41, 5.74) is -0.827. The van der Waals surface area contributed by atoms with Crippen molar-refractivity contribution in [3.05, 3.63) is 33.8 Å². The molecule has 1 fully saturated rings. The first-order chi connectivity index (χ1) is 9.88. The van der Waals surface area contributed by atoms with Crippen molar-refractivity contribution in [1.82, 2.24) is 10.6 Å². The number of hydrogen-bond acceptors (Lipinski definition) is 2. The monoisotopic (exact) mass is 364 g/mol. The highest BCUT2D eigenvalue weighted by Gasteiger charge is 2.31. The van der Waals surface area contributed by atoms with Crippen LogP contribution >= 0.6 is 15.9 Å². The van der Waals surface area contributed by atoms with Gasteiger partial charge in [-0.2, -0.15) is 13.2 Å². The molecule has 1 saturated heterocycles. The molecule has 0 spiro atoms. The second-order valence-electron chi connectivity index (χ2n) is 5.05. The van der Waals surface area contributed by atoms with Gasteiger partial charge in [-0.15, -0.1) is 0 Å². The van der Waals surface area contributed by atoms with Crippen molar-refractivity contribution in [3.63, 3.8) is 0 Å². The summed E-state index contributed by atoms with van der Waals surface area (Å²) < 4.78 is 38.4. The molecule has 0 aromatic heterocycles. The first-order valence-corrected chi connectivity index (χ1v) is 7.55. The Kier molecular flexibility index (Phi) is 5.27. The number of alkyl halides is 3. The van der Waals surface area contributed by atoms with Crippen molar-refractivity contribution in [3.8, 4) is 0 Å². The Labute approximate surface area is 129 Å². The summed E-state index contributed by atoms with van der Waals surface area (Å²) in [7, 11) is 0. The zero-order chi connectivity index (χ0) is 15.5. The highest BCUT2D eigenvalue weighted by atomic mass is 79.9. The summed E-state index contributed by atoms with van der Waals surface area (Å²) in [5.74, 6) is -0.500. The summed E-state index contributed by atoms with van der Waals surface area (Å²) in [6, 6.07) is 3.25. The molecule has 1 aromatic rings. The molecule has 2 N–H and O–H groups in total. The molecule has 0 saturated carbocycles. The minimum atomic E-state index is -4.46. The number of hydrogen-bond donors (Lipinski definition) is 2. The molecular formula is C14H16BrF3N2O. The van der Waals surface area contributed by atoms with Crippen LogP contribution in [0.4, 0.5) is 13.2 Å². The van der Waals surface area contributed by atoms with E-state index in [4.69, 9.17) is 0 Å². The van der Waals surface area contributed by atoms with Crippen molar-refractivity contribution >= 4 is 21.8 Å². The van der Waals surface area contributed by atoms with Crippen LogP contribution in [0, 0.1) is 0 Å². The number of carbonyl (C=O) groups is 1. The lowest BCUT2D eigenvalue weighted by Crippen LogP contribution is -2.43. The molecular weight excluding hydrogens is 349 g/mol. The molecule has 1 heterocycles. The van der Waals surface area contributed by atoms with Crippen LogP contribution in [0.25, 0.3) is 0 Å². The Morgan fingerprint density at radius 1 is 1.38 bits per heavy atom. The first-order valence-electron chi connectivity index (χ1n) is 6.76.